The average Bonchev–Trinajstić information content (AvgIpc) is 3.44. The number of benzene rings is 2. The number of fused-ring (bicyclic) bond motifs is 3. The molecule has 0 spiro atoms. The number of nitrogens with zero attached hydrogens (tertiary/aromatic N) is 4. The van der Waals surface area contributed by atoms with Crippen molar-refractivity contribution in [3.8, 4) is 5.75 Å². The highest BCUT2D eigenvalue weighted by molar-refractivity contribution is 7.98. The second kappa shape index (κ2) is 8.16. The molecule has 0 saturated heterocycles. The summed E-state index contributed by atoms with van der Waals surface area (Å²) < 4.78 is 22.7. The monoisotopic (exact) mass is 452 g/mol. The topological polar surface area (TPSA) is 61.4 Å². The first kappa shape index (κ1) is 19.8. The van der Waals surface area contributed by atoms with Crippen LogP contribution in [0, 0.1) is 5.82 Å². The Hall–Kier alpha value is -3.17. The number of ether oxygens (including phenoxy) is 1. The lowest BCUT2D eigenvalue weighted by Crippen LogP contribution is -2.23. The first-order chi connectivity index (χ1) is 15.1. The Labute approximate surface area is 184 Å². The van der Waals surface area contributed by atoms with E-state index in [2.05, 4.69) is 10.2 Å². The molecule has 3 heterocycles. The van der Waals surface area contributed by atoms with Gasteiger partial charge in [-0.05, 0) is 46.8 Å². The van der Waals surface area contributed by atoms with Gasteiger partial charge in [-0.1, -0.05) is 36.0 Å². The molecule has 0 fully saturated rings. The van der Waals surface area contributed by atoms with E-state index in [1.165, 1.54) is 23.5 Å². The fourth-order valence-corrected chi connectivity index (χ4v) is 5.13. The molecule has 0 aliphatic rings. The standard InChI is InChI=1S/C22H17FN4O2S2/c1-29-17-4-2-3-15(11-17)13-31-22-25-24-21-26(12-14-5-7-16(23)8-6-14)20(28)19-18(27(21)22)9-10-30-19/h2-11H,12-13H2,1H3. The Kier molecular flexibility index (Phi) is 5.21. The lowest BCUT2D eigenvalue weighted by atomic mass is 10.2. The third-order valence-electron chi connectivity index (χ3n) is 4.94. The van der Waals surface area contributed by atoms with Gasteiger partial charge < -0.3 is 4.74 Å². The van der Waals surface area contributed by atoms with Crippen LogP contribution in [0.25, 0.3) is 16.0 Å². The van der Waals surface area contributed by atoms with Crippen LogP contribution in [0.15, 0.2) is 69.9 Å². The quantitative estimate of drug-likeness (QED) is 0.353. The molecule has 5 rings (SSSR count). The molecule has 31 heavy (non-hydrogen) atoms. The van der Waals surface area contributed by atoms with Gasteiger partial charge in [0.05, 0.1) is 19.2 Å². The summed E-state index contributed by atoms with van der Waals surface area (Å²) in [6, 6.07) is 15.9. The van der Waals surface area contributed by atoms with Gasteiger partial charge >= 0.3 is 0 Å². The lowest BCUT2D eigenvalue weighted by Gasteiger charge is -2.10. The number of hydrogen-bond donors (Lipinski definition) is 0. The smallest absolute Gasteiger partial charge is 0.273 e. The van der Waals surface area contributed by atoms with Crippen LogP contribution >= 0.6 is 23.1 Å². The zero-order valence-corrected chi connectivity index (χ0v) is 18.1. The molecule has 0 unspecified atom stereocenters. The normalized spacial score (nSPS) is 11.4. The summed E-state index contributed by atoms with van der Waals surface area (Å²) in [4.78, 5) is 13.1. The van der Waals surface area contributed by atoms with Crippen LogP contribution < -0.4 is 10.3 Å². The molecule has 0 radical (unpaired) electrons. The number of hydrogen-bond acceptors (Lipinski definition) is 6. The predicted molar refractivity (Wildman–Crippen MR) is 121 cm³/mol. The maximum atomic E-state index is 13.3. The third-order valence-corrected chi connectivity index (χ3v) is 6.83. The molecule has 6 nitrogen and oxygen atoms in total. The van der Waals surface area contributed by atoms with Crippen molar-refractivity contribution >= 4 is 39.1 Å². The molecule has 0 bridgehead atoms. The van der Waals surface area contributed by atoms with Gasteiger partial charge in [0, 0.05) is 5.75 Å². The molecule has 9 heteroatoms. The van der Waals surface area contributed by atoms with Crippen molar-refractivity contribution in [3.05, 3.63) is 87.3 Å². The Morgan fingerprint density at radius 1 is 1.10 bits per heavy atom. The van der Waals surface area contributed by atoms with Crippen molar-refractivity contribution in [1.29, 1.82) is 0 Å². The van der Waals surface area contributed by atoms with E-state index < -0.39 is 0 Å². The fourth-order valence-electron chi connectivity index (χ4n) is 3.42. The van der Waals surface area contributed by atoms with E-state index in [4.69, 9.17) is 4.74 Å². The van der Waals surface area contributed by atoms with Crippen LogP contribution in [-0.2, 0) is 12.3 Å². The number of rotatable bonds is 6. The zero-order chi connectivity index (χ0) is 21.4. The maximum absolute atomic E-state index is 13.3. The number of methoxy groups -OCH3 is 1. The Balaban J connectivity index is 1.57. The van der Waals surface area contributed by atoms with Crippen LogP contribution in [0.1, 0.15) is 11.1 Å². The Morgan fingerprint density at radius 2 is 1.94 bits per heavy atom. The number of thiophene rings is 1. The van der Waals surface area contributed by atoms with E-state index in [9.17, 15) is 9.18 Å². The van der Waals surface area contributed by atoms with Crippen molar-refractivity contribution in [3.63, 3.8) is 0 Å². The molecule has 156 valence electrons. The van der Waals surface area contributed by atoms with E-state index in [0.717, 1.165) is 22.4 Å². The van der Waals surface area contributed by atoms with Crippen molar-refractivity contribution in [1.82, 2.24) is 19.2 Å². The number of halogens is 1. The molecule has 5 aromatic rings. The molecular formula is C22H17FN4O2S2. The number of aromatic nitrogens is 4. The van der Waals surface area contributed by atoms with Crippen LogP contribution in [-0.4, -0.2) is 26.3 Å². The first-order valence-corrected chi connectivity index (χ1v) is 11.4. The van der Waals surface area contributed by atoms with Gasteiger partial charge in [0.25, 0.3) is 5.56 Å². The van der Waals surface area contributed by atoms with Crippen LogP contribution in [0.3, 0.4) is 0 Å². The van der Waals surface area contributed by atoms with Crippen molar-refractivity contribution < 1.29 is 9.13 Å². The summed E-state index contributed by atoms with van der Waals surface area (Å²) in [5.41, 5.74) is 2.58. The second-order valence-corrected chi connectivity index (χ2v) is 8.77. The van der Waals surface area contributed by atoms with Gasteiger partial charge in [0.15, 0.2) is 5.16 Å². The average molecular weight is 453 g/mol. The lowest BCUT2D eigenvalue weighted by molar-refractivity contribution is 0.414. The van der Waals surface area contributed by atoms with Crippen molar-refractivity contribution in [2.45, 2.75) is 17.5 Å². The minimum atomic E-state index is -0.311. The molecule has 0 amide bonds. The molecule has 0 aliphatic carbocycles. The van der Waals surface area contributed by atoms with Crippen LogP contribution in [0.4, 0.5) is 4.39 Å². The van der Waals surface area contributed by atoms with Crippen molar-refractivity contribution in [2.24, 2.45) is 0 Å². The molecule has 3 aromatic heterocycles. The third kappa shape index (κ3) is 3.70. The summed E-state index contributed by atoms with van der Waals surface area (Å²) in [6.07, 6.45) is 0. The molecule has 0 saturated carbocycles. The Morgan fingerprint density at radius 3 is 2.74 bits per heavy atom. The highest BCUT2D eigenvalue weighted by Crippen LogP contribution is 2.27. The van der Waals surface area contributed by atoms with E-state index in [1.807, 2.05) is 40.1 Å². The molecular weight excluding hydrogens is 435 g/mol. The van der Waals surface area contributed by atoms with Gasteiger partial charge in [-0.15, -0.1) is 21.5 Å². The second-order valence-electron chi connectivity index (χ2n) is 6.91. The van der Waals surface area contributed by atoms with Gasteiger partial charge in [0.2, 0.25) is 5.78 Å². The summed E-state index contributed by atoms with van der Waals surface area (Å²) in [5.74, 6) is 1.64. The van der Waals surface area contributed by atoms with Gasteiger partial charge in [-0.2, -0.15) is 0 Å². The predicted octanol–water partition coefficient (Wildman–Crippen LogP) is 4.59. The molecule has 0 N–H and O–H groups in total. The van der Waals surface area contributed by atoms with Gasteiger partial charge in [0.1, 0.15) is 16.3 Å². The first-order valence-electron chi connectivity index (χ1n) is 9.49. The largest absolute Gasteiger partial charge is 0.497 e. The highest BCUT2D eigenvalue weighted by Gasteiger charge is 2.18. The highest BCUT2D eigenvalue weighted by atomic mass is 32.2. The molecule has 2 aromatic carbocycles. The minimum Gasteiger partial charge on any atom is -0.497 e. The summed E-state index contributed by atoms with van der Waals surface area (Å²) in [5, 5.41) is 11.3. The molecule has 0 aliphatic heterocycles. The minimum absolute atomic E-state index is 0.126. The number of thioether (sulfide) groups is 1. The summed E-state index contributed by atoms with van der Waals surface area (Å²) >= 11 is 2.94. The fraction of sp³-hybridized carbons (Fsp3) is 0.136. The van der Waals surface area contributed by atoms with E-state index in [1.54, 1.807) is 35.6 Å². The van der Waals surface area contributed by atoms with E-state index in [-0.39, 0.29) is 17.9 Å². The van der Waals surface area contributed by atoms with Crippen LogP contribution in [0.5, 0.6) is 5.75 Å². The van der Waals surface area contributed by atoms with Gasteiger partial charge in [-0.25, -0.2) is 4.39 Å². The van der Waals surface area contributed by atoms with E-state index >= 15 is 0 Å². The van der Waals surface area contributed by atoms with E-state index in [0.29, 0.717) is 21.4 Å². The summed E-state index contributed by atoms with van der Waals surface area (Å²) in [6.45, 7) is 0.287. The Bertz CT molecular complexity index is 1440. The summed E-state index contributed by atoms with van der Waals surface area (Å²) in [7, 11) is 1.64. The SMILES string of the molecule is COc1cccc(CSc2nnc3n(Cc4ccc(F)cc4)c(=O)c4sccc4n23)c1. The van der Waals surface area contributed by atoms with Crippen molar-refractivity contribution in [2.75, 3.05) is 7.11 Å². The molecule has 0 atom stereocenters. The maximum Gasteiger partial charge on any atom is 0.273 e. The van der Waals surface area contributed by atoms with Gasteiger partial charge in [-0.3, -0.25) is 13.8 Å². The zero-order valence-electron chi connectivity index (χ0n) is 16.5. The van der Waals surface area contributed by atoms with Crippen LogP contribution in [0.2, 0.25) is 0 Å².